The molecule has 0 aliphatic heterocycles. The maximum Gasteiger partial charge on any atom is 1.00 e. The van der Waals surface area contributed by atoms with Crippen molar-refractivity contribution < 1.29 is 87.9 Å². The van der Waals surface area contributed by atoms with Crippen LogP contribution in [-0.2, 0) is 20.2 Å². The molecular weight excluding hydrogens is 767 g/mol. The first-order valence-corrected chi connectivity index (χ1v) is 15.9. The van der Waals surface area contributed by atoms with Crippen LogP contribution in [-0.4, -0.2) is 45.9 Å². The number of hydrogen-bond acceptors (Lipinski definition) is 10. The number of anilines is 4. The average Bonchev–Trinajstić information content (AvgIpc) is 2.89. The maximum atomic E-state index is 12.2. The number of rotatable bonds is 8. The summed E-state index contributed by atoms with van der Waals surface area (Å²) in [6.45, 7) is 0. The van der Waals surface area contributed by atoms with Crippen molar-refractivity contribution in [3.8, 4) is 0 Å². The molecule has 2 aromatic heterocycles. The molecule has 0 unspecified atom stereocenters. The molecule has 0 spiro atoms. The maximum absolute atomic E-state index is 12.2. The summed E-state index contributed by atoms with van der Waals surface area (Å²) in [5, 5.41) is 4.60. The Balaban J connectivity index is 0.00000506. The monoisotopic (exact) mass is 778 g/mol. The predicted octanol–water partition coefficient (Wildman–Crippen LogP) is 1.57. The Hall–Kier alpha value is -0.500. The van der Waals surface area contributed by atoms with E-state index in [2.05, 4.69) is 30.6 Å². The van der Waals surface area contributed by atoms with Gasteiger partial charge in [0.2, 0.25) is 11.9 Å². The van der Waals surface area contributed by atoms with E-state index in [1.54, 1.807) is 0 Å². The Morgan fingerprint density at radius 2 is 0.886 bits per heavy atom. The fraction of sp³-hybridized carbons (Fsp3) is 0. The fourth-order valence-corrected chi connectivity index (χ4v) is 5.65. The Bertz CT molecular complexity index is 1820. The van der Waals surface area contributed by atoms with Crippen LogP contribution in [0.3, 0.4) is 0 Å². The van der Waals surface area contributed by atoms with Crippen LogP contribution in [0.15, 0.2) is 46.2 Å². The van der Waals surface area contributed by atoms with E-state index in [0.29, 0.717) is 0 Å². The summed E-state index contributed by atoms with van der Waals surface area (Å²) in [5.74, 6) is -0.224. The Kier molecular flexibility index (Phi) is 14.5. The summed E-state index contributed by atoms with van der Waals surface area (Å²) in [6, 6.07) is 7.55. The van der Waals surface area contributed by atoms with Crippen molar-refractivity contribution in [3.63, 3.8) is 0 Å². The van der Waals surface area contributed by atoms with Crippen LogP contribution in [0.25, 0.3) is 12.2 Å². The van der Waals surface area contributed by atoms with Crippen LogP contribution in [0.5, 0.6) is 0 Å². The van der Waals surface area contributed by atoms with Crippen molar-refractivity contribution in [1.29, 1.82) is 0 Å². The van der Waals surface area contributed by atoms with E-state index in [0.717, 1.165) is 12.1 Å². The van der Waals surface area contributed by atoms with Gasteiger partial charge in [0, 0.05) is 11.4 Å². The molecule has 0 atom stereocenters. The van der Waals surface area contributed by atoms with E-state index in [1.165, 1.54) is 36.4 Å². The average molecular weight is 781 g/mol. The predicted molar refractivity (Wildman–Crippen MR) is 164 cm³/mol. The molecule has 2 aromatic carbocycles. The minimum absolute atomic E-state index is 0. The van der Waals surface area contributed by atoms with E-state index < -0.39 is 30.0 Å². The van der Waals surface area contributed by atoms with Crippen molar-refractivity contribution in [1.82, 2.24) is 19.9 Å². The molecule has 12 nitrogen and oxygen atoms in total. The third kappa shape index (κ3) is 10.0. The molecule has 44 heavy (non-hydrogen) atoms. The number of aromatic nitrogens is 4. The van der Waals surface area contributed by atoms with Gasteiger partial charge in [0.15, 0.2) is 20.6 Å². The molecule has 0 amide bonds. The summed E-state index contributed by atoms with van der Waals surface area (Å²) >= 11 is 35.2. The van der Waals surface area contributed by atoms with Crippen molar-refractivity contribution in [2.24, 2.45) is 0 Å². The largest absolute Gasteiger partial charge is 1.00 e. The van der Waals surface area contributed by atoms with Crippen LogP contribution in [0.1, 0.15) is 14.0 Å². The Labute approximate surface area is 327 Å². The normalized spacial score (nSPS) is 11.5. The first-order chi connectivity index (χ1) is 19.5. The molecule has 0 fully saturated rings. The first-order valence-electron chi connectivity index (χ1n) is 10.7. The van der Waals surface area contributed by atoms with Gasteiger partial charge >= 0.3 is 59.1 Å². The first kappa shape index (κ1) is 39.7. The van der Waals surface area contributed by atoms with Gasteiger partial charge in [-0.15, -0.1) is 0 Å². The van der Waals surface area contributed by atoms with Crippen molar-refractivity contribution >= 4 is 125 Å². The smallest absolute Gasteiger partial charge is 1.00 e. The van der Waals surface area contributed by atoms with Gasteiger partial charge in [-0.25, -0.2) is 0 Å². The molecule has 0 saturated heterocycles. The second-order valence-electron chi connectivity index (χ2n) is 7.92. The second kappa shape index (κ2) is 16.1. The minimum atomic E-state index is -4.79. The SMILES string of the molecule is O=S(=O)(O)c1cc(Nc2nc(Cl)c(Cl)c(Cl)n2)ccc1C=Cc1ccc(Nc2nc(Cl)c(Cl)c(Cl)n2)cc1S(=O)(=O)O.[H-].[H-].[Na+].[Na+]. The second-order valence-corrected chi connectivity index (χ2v) is 12.9. The van der Waals surface area contributed by atoms with Gasteiger partial charge in [-0.3, -0.25) is 9.11 Å². The molecule has 0 saturated carbocycles. The van der Waals surface area contributed by atoms with Crippen molar-refractivity contribution in [2.45, 2.75) is 9.79 Å². The zero-order chi connectivity index (χ0) is 31.0. The summed E-state index contributed by atoms with van der Waals surface area (Å²) in [4.78, 5) is 14.4. The summed E-state index contributed by atoms with van der Waals surface area (Å²) in [6.07, 6.45) is 2.41. The van der Waals surface area contributed by atoms with Gasteiger partial charge in [0.25, 0.3) is 20.2 Å². The number of nitrogens with one attached hydrogen (secondary N) is 2. The van der Waals surface area contributed by atoms with Gasteiger partial charge in [0.05, 0.1) is 0 Å². The fourth-order valence-electron chi connectivity index (χ4n) is 3.28. The number of hydrogen-bond donors (Lipinski definition) is 4. The minimum Gasteiger partial charge on any atom is -1.00 e. The Morgan fingerprint density at radius 1 is 0.591 bits per heavy atom. The molecule has 4 rings (SSSR count). The van der Waals surface area contributed by atoms with Gasteiger partial charge in [0.1, 0.15) is 19.8 Å². The Morgan fingerprint density at radius 3 is 1.16 bits per heavy atom. The van der Waals surface area contributed by atoms with Crippen molar-refractivity contribution in [2.75, 3.05) is 10.6 Å². The molecule has 22 heteroatoms. The molecular formula is C22H14Cl6N6Na2O6S2. The molecule has 2 heterocycles. The van der Waals surface area contributed by atoms with Crippen LogP contribution < -0.4 is 69.7 Å². The van der Waals surface area contributed by atoms with Gasteiger partial charge < -0.3 is 13.5 Å². The summed E-state index contributed by atoms with van der Waals surface area (Å²) in [5.41, 5.74) is 0.151. The summed E-state index contributed by atoms with van der Waals surface area (Å²) in [7, 11) is -9.59. The van der Waals surface area contributed by atoms with E-state index in [9.17, 15) is 25.9 Å². The van der Waals surface area contributed by atoms with Crippen LogP contribution in [0, 0.1) is 0 Å². The molecule has 0 radical (unpaired) electrons. The zero-order valence-electron chi connectivity index (χ0n) is 24.0. The number of nitrogens with zero attached hydrogens (tertiary/aromatic N) is 4. The quantitative estimate of drug-likeness (QED) is 0.0878. The van der Waals surface area contributed by atoms with Gasteiger partial charge in [-0.05, 0) is 35.4 Å². The third-order valence-electron chi connectivity index (χ3n) is 5.08. The number of halogens is 6. The van der Waals surface area contributed by atoms with Crippen molar-refractivity contribution in [3.05, 3.63) is 78.2 Å². The van der Waals surface area contributed by atoms with Crippen LogP contribution >= 0.6 is 69.6 Å². The molecule has 4 aromatic rings. The molecule has 0 aliphatic carbocycles. The van der Waals surface area contributed by atoms with Gasteiger partial charge in [-0.1, -0.05) is 93.9 Å². The molecule has 0 bridgehead atoms. The standard InChI is InChI=1S/C22H12Cl6N6O6S2.2Na.2H/c23-15-17(25)31-21(32-18(15)26)29-11-5-3-9(13(7-11)41(35,36)37)1-2-10-4-6-12(8-14(10)42(38,39)40)30-22-33-19(27)16(24)20(28)34-22;;;;/h1-8H,(H,29,31,32)(H,30,33,34)(H,35,36,37)(H,38,39,40);;;;/q;2*+1;2*-1. The zero-order valence-corrected chi connectivity index (χ0v) is 32.2. The van der Waals surface area contributed by atoms with Crippen LogP contribution in [0.2, 0.25) is 30.7 Å². The summed E-state index contributed by atoms with van der Waals surface area (Å²) < 4.78 is 68.3. The van der Waals surface area contributed by atoms with E-state index in [4.69, 9.17) is 69.6 Å². The topological polar surface area (TPSA) is 184 Å². The molecule has 4 N–H and O–H groups in total. The number of benzene rings is 2. The van der Waals surface area contributed by atoms with Crippen LogP contribution in [0.4, 0.5) is 23.3 Å². The van der Waals surface area contributed by atoms with E-state index in [1.807, 2.05) is 0 Å². The van der Waals surface area contributed by atoms with E-state index >= 15 is 0 Å². The third-order valence-corrected chi connectivity index (χ3v) is 9.09. The molecule has 0 aliphatic rings. The van der Waals surface area contributed by atoms with E-state index in [-0.39, 0.29) is 127 Å². The van der Waals surface area contributed by atoms with Gasteiger partial charge in [-0.2, -0.15) is 36.8 Å². The molecule has 224 valence electrons.